The molecular weight excluding hydrogens is 285 g/mol. The van der Waals surface area contributed by atoms with Crippen LogP contribution in [0, 0.1) is 0 Å². The lowest BCUT2D eigenvalue weighted by atomic mass is 10.1. The van der Waals surface area contributed by atoms with Crippen LogP contribution in [-0.4, -0.2) is 4.98 Å². The summed E-state index contributed by atoms with van der Waals surface area (Å²) in [6.07, 6.45) is -2.83. The van der Waals surface area contributed by atoms with E-state index in [1.54, 1.807) is 11.6 Å². The zero-order chi connectivity index (χ0) is 13.2. The van der Waals surface area contributed by atoms with Crippen molar-refractivity contribution >= 4 is 28.6 Å². The highest BCUT2D eigenvalue weighted by Crippen LogP contribution is 2.36. The Morgan fingerprint density at radius 3 is 2.72 bits per heavy atom. The first-order valence-electron chi connectivity index (χ1n) is 4.96. The summed E-state index contributed by atoms with van der Waals surface area (Å²) in [6.45, 7) is 0.252. The van der Waals surface area contributed by atoms with Gasteiger partial charge in [-0.3, -0.25) is 0 Å². The summed E-state index contributed by atoms with van der Waals surface area (Å²) >= 11 is 6.96. The third-order valence-corrected chi connectivity index (χ3v) is 3.22. The van der Waals surface area contributed by atoms with E-state index in [0.717, 1.165) is 11.1 Å². The molecule has 0 bridgehead atoms. The molecule has 0 fully saturated rings. The Balaban J connectivity index is 2.22. The molecule has 0 amide bonds. The minimum Gasteiger partial charge on any atom is -0.378 e. The van der Waals surface area contributed by atoms with Crippen molar-refractivity contribution in [1.29, 1.82) is 0 Å². The maximum absolute atomic E-state index is 12.8. The Morgan fingerprint density at radius 1 is 1.33 bits per heavy atom. The van der Waals surface area contributed by atoms with Crippen LogP contribution in [0.5, 0.6) is 0 Å². The molecule has 1 aromatic heterocycles. The summed E-state index contributed by atoms with van der Waals surface area (Å²) < 4.78 is 38.3. The zero-order valence-electron chi connectivity index (χ0n) is 8.96. The number of alkyl halides is 3. The molecule has 0 aliphatic rings. The van der Waals surface area contributed by atoms with Gasteiger partial charge in [0, 0.05) is 22.3 Å². The molecule has 7 heteroatoms. The van der Waals surface area contributed by atoms with Crippen molar-refractivity contribution in [2.45, 2.75) is 12.7 Å². The van der Waals surface area contributed by atoms with Gasteiger partial charge in [-0.15, -0.1) is 11.3 Å². The minimum absolute atomic E-state index is 0.00194. The highest BCUT2D eigenvalue weighted by molar-refractivity contribution is 7.09. The van der Waals surface area contributed by atoms with E-state index in [4.69, 9.17) is 11.6 Å². The van der Waals surface area contributed by atoms with Crippen molar-refractivity contribution < 1.29 is 13.2 Å². The van der Waals surface area contributed by atoms with Crippen LogP contribution < -0.4 is 5.32 Å². The monoisotopic (exact) mass is 292 g/mol. The fourth-order valence-corrected chi connectivity index (χ4v) is 2.14. The van der Waals surface area contributed by atoms with Gasteiger partial charge in [-0.05, 0) is 18.2 Å². The highest BCUT2D eigenvalue weighted by Gasteiger charge is 2.33. The number of halogens is 4. The van der Waals surface area contributed by atoms with Crippen LogP contribution in [0.1, 0.15) is 10.6 Å². The lowest BCUT2D eigenvalue weighted by molar-refractivity contribution is -0.136. The van der Waals surface area contributed by atoms with Crippen LogP contribution >= 0.6 is 22.9 Å². The third-order valence-electron chi connectivity index (χ3n) is 2.20. The van der Waals surface area contributed by atoms with E-state index in [-0.39, 0.29) is 17.3 Å². The number of nitrogens with zero attached hydrogens (tertiary/aromatic N) is 1. The molecule has 2 aromatic rings. The van der Waals surface area contributed by atoms with E-state index in [1.807, 2.05) is 0 Å². The Bertz CT molecular complexity index is 526. The summed E-state index contributed by atoms with van der Waals surface area (Å²) in [6, 6.07) is 3.64. The van der Waals surface area contributed by atoms with Gasteiger partial charge in [0.1, 0.15) is 5.01 Å². The lowest BCUT2D eigenvalue weighted by Gasteiger charge is -2.14. The molecule has 18 heavy (non-hydrogen) atoms. The number of aromatic nitrogens is 1. The van der Waals surface area contributed by atoms with Crippen molar-refractivity contribution in [2.75, 3.05) is 5.32 Å². The van der Waals surface area contributed by atoms with Gasteiger partial charge in [-0.2, -0.15) is 13.2 Å². The van der Waals surface area contributed by atoms with Crippen LogP contribution in [0.15, 0.2) is 29.8 Å². The quantitative estimate of drug-likeness (QED) is 0.905. The van der Waals surface area contributed by atoms with Crippen molar-refractivity contribution in [3.8, 4) is 0 Å². The summed E-state index contributed by atoms with van der Waals surface area (Å²) in [5.41, 5.74) is -0.770. The molecule has 0 radical (unpaired) electrons. The first-order chi connectivity index (χ1) is 8.47. The molecule has 0 unspecified atom stereocenters. The summed E-state index contributed by atoms with van der Waals surface area (Å²) in [5, 5.41) is 5.26. The molecule has 0 atom stereocenters. The van der Waals surface area contributed by atoms with Crippen molar-refractivity contribution in [3.05, 3.63) is 45.4 Å². The number of hydrogen-bond donors (Lipinski definition) is 1. The summed E-state index contributed by atoms with van der Waals surface area (Å²) in [4.78, 5) is 3.99. The Hall–Kier alpha value is -1.27. The molecule has 0 aliphatic heterocycles. The van der Waals surface area contributed by atoms with E-state index in [1.165, 1.54) is 23.5 Å². The average molecular weight is 293 g/mol. The zero-order valence-corrected chi connectivity index (χ0v) is 10.5. The average Bonchev–Trinajstić information content (AvgIpc) is 2.79. The highest BCUT2D eigenvalue weighted by atomic mass is 35.5. The fraction of sp³-hybridized carbons (Fsp3) is 0.182. The van der Waals surface area contributed by atoms with E-state index < -0.39 is 11.7 Å². The largest absolute Gasteiger partial charge is 0.418 e. The number of thiazole rings is 1. The number of rotatable bonds is 3. The van der Waals surface area contributed by atoms with Gasteiger partial charge in [0.25, 0.3) is 0 Å². The van der Waals surface area contributed by atoms with E-state index in [9.17, 15) is 13.2 Å². The molecule has 1 N–H and O–H groups in total. The van der Waals surface area contributed by atoms with Crippen molar-refractivity contribution in [2.24, 2.45) is 0 Å². The molecule has 1 heterocycles. The molecule has 0 aliphatic carbocycles. The van der Waals surface area contributed by atoms with Crippen LogP contribution in [0.4, 0.5) is 18.9 Å². The van der Waals surface area contributed by atoms with Crippen molar-refractivity contribution in [1.82, 2.24) is 4.98 Å². The van der Waals surface area contributed by atoms with Crippen LogP contribution in [0.2, 0.25) is 5.02 Å². The second-order valence-electron chi connectivity index (χ2n) is 3.47. The van der Waals surface area contributed by atoms with Gasteiger partial charge < -0.3 is 5.32 Å². The van der Waals surface area contributed by atoms with Gasteiger partial charge in [0.15, 0.2) is 0 Å². The Kier molecular flexibility index (Phi) is 3.77. The van der Waals surface area contributed by atoms with Gasteiger partial charge in [-0.1, -0.05) is 11.6 Å². The number of hydrogen-bond acceptors (Lipinski definition) is 3. The van der Waals surface area contributed by atoms with Gasteiger partial charge in [0.2, 0.25) is 0 Å². The lowest BCUT2D eigenvalue weighted by Crippen LogP contribution is -2.10. The van der Waals surface area contributed by atoms with E-state index in [0.29, 0.717) is 0 Å². The molecule has 0 spiro atoms. The first kappa shape index (κ1) is 13.2. The molecule has 2 rings (SSSR count). The predicted octanol–water partition coefficient (Wildman–Crippen LogP) is 4.43. The van der Waals surface area contributed by atoms with Gasteiger partial charge in [-0.25, -0.2) is 4.98 Å². The first-order valence-corrected chi connectivity index (χ1v) is 6.21. The van der Waals surface area contributed by atoms with Crippen LogP contribution in [-0.2, 0) is 12.7 Å². The molecule has 1 aromatic carbocycles. The molecule has 2 nitrogen and oxygen atoms in total. The molecular formula is C11H8ClF3N2S. The topological polar surface area (TPSA) is 24.9 Å². The summed E-state index contributed by atoms with van der Waals surface area (Å²) in [5.74, 6) is 0. The summed E-state index contributed by atoms with van der Waals surface area (Å²) in [7, 11) is 0. The second kappa shape index (κ2) is 5.16. The standard InChI is InChI=1S/C11H8ClF3N2S/c12-7-1-2-9(8(5-7)11(13,14)15)17-6-10-16-3-4-18-10/h1-5,17H,6H2. The normalized spacial score (nSPS) is 11.6. The van der Waals surface area contributed by atoms with Gasteiger partial charge in [0.05, 0.1) is 12.1 Å². The number of nitrogens with one attached hydrogen (secondary N) is 1. The van der Waals surface area contributed by atoms with Crippen molar-refractivity contribution in [3.63, 3.8) is 0 Å². The predicted molar refractivity (Wildman–Crippen MR) is 65.9 cm³/mol. The Morgan fingerprint density at radius 2 is 2.11 bits per heavy atom. The number of anilines is 1. The Labute approximate surface area is 110 Å². The van der Waals surface area contributed by atoms with E-state index >= 15 is 0 Å². The molecule has 0 saturated carbocycles. The maximum Gasteiger partial charge on any atom is 0.418 e. The fourth-order valence-electron chi connectivity index (χ4n) is 1.42. The minimum atomic E-state index is -4.43. The van der Waals surface area contributed by atoms with Crippen LogP contribution in [0.25, 0.3) is 0 Å². The van der Waals surface area contributed by atoms with Gasteiger partial charge >= 0.3 is 6.18 Å². The molecule has 96 valence electrons. The third kappa shape index (κ3) is 3.14. The van der Waals surface area contributed by atoms with Crippen LogP contribution in [0.3, 0.4) is 0 Å². The second-order valence-corrected chi connectivity index (χ2v) is 4.88. The molecule has 0 saturated heterocycles. The SMILES string of the molecule is FC(F)(F)c1cc(Cl)ccc1NCc1nccs1. The van der Waals surface area contributed by atoms with E-state index in [2.05, 4.69) is 10.3 Å². The maximum atomic E-state index is 12.8. The smallest absolute Gasteiger partial charge is 0.378 e. The number of benzene rings is 1.